The first-order valence-corrected chi connectivity index (χ1v) is 7.65. The van der Waals surface area contributed by atoms with Gasteiger partial charge in [0.05, 0.1) is 23.8 Å². The van der Waals surface area contributed by atoms with Crippen molar-refractivity contribution in [2.45, 2.75) is 51.5 Å². The highest BCUT2D eigenvalue weighted by molar-refractivity contribution is 5.69. The van der Waals surface area contributed by atoms with E-state index < -0.39 is 23.8 Å². The number of amides is 1. The molecular formula is C17H23N3O3. The Labute approximate surface area is 136 Å². The lowest BCUT2D eigenvalue weighted by atomic mass is 9.90. The molecule has 2 rings (SSSR count). The Balaban J connectivity index is 2.33. The van der Waals surface area contributed by atoms with Crippen LogP contribution < -0.4 is 5.73 Å². The zero-order chi connectivity index (χ0) is 17.2. The monoisotopic (exact) mass is 317 g/mol. The van der Waals surface area contributed by atoms with Gasteiger partial charge in [0.1, 0.15) is 5.60 Å². The van der Waals surface area contributed by atoms with E-state index in [1.165, 1.54) is 4.90 Å². The molecule has 0 aromatic heterocycles. The first-order valence-electron chi connectivity index (χ1n) is 7.65. The van der Waals surface area contributed by atoms with Gasteiger partial charge in [-0.2, -0.15) is 5.26 Å². The van der Waals surface area contributed by atoms with Gasteiger partial charge in [-0.05, 0) is 50.5 Å². The Morgan fingerprint density at radius 3 is 2.78 bits per heavy atom. The largest absolute Gasteiger partial charge is 0.444 e. The maximum Gasteiger partial charge on any atom is 0.410 e. The Hall–Kier alpha value is -2.10. The molecule has 0 aliphatic carbocycles. The molecule has 0 saturated carbocycles. The smallest absolute Gasteiger partial charge is 0.410 e. The maximum atomic E-state index is 12.5. The fourth-order valence-corrected chi connectivity index (χ4v) is 2.70. The van der Waals surface area contributed by atoms with Crippen LogP contribution in [0.1, 0.15) is 37.5 Å². The second-order valence-corrected chi connectivity index (χ2v) is 6.78. The topological polar surface area (TPSA) is 99.6 Å². The minimum Gasteiger partial charge on any atom is -0.444 e. The Kier molecular flexibility index (Phi) is 4.93. The van der Waals surface area contributed by atoms with Gasteiger partial charge in [-0.3, -0.25) is 4.90 Å². The lowest BCUT2D eigenvalue weighted by molar-refractivity contribution is -0.0101. The third-order valence-electron chi connectivity index (χ3n) is 3.82. The average Bonchev–Trinajstić information content (AvgIpc) is 2.50. The molecule has 1 amide bonds. The van der Waals surface area contributed by atoms with Crippen molar-refractivity contribution in [1.82, 2.24) is 4.90 Å². The molecule has 0 bridgehead atoms. The standard InChI is InChI=1S/C17H23N3O3/c1-17(2,3)23-16(22)20-10-13-6-11(8-18)4-5-12(13)7-14(20)15(21)9-19/h4-6,14-15,21H,7,9-10,19H2,1-3H3/t14-,15+/m0/s1. The molecule has 6 heteroatoms. The lowest BCUT2D eigenvalue weighted by Crippen LogP contribution is -2.53. The van der Waals surface area contributed by atoms with Crippen molar-refractivity contribution in [3.05, 3.63) is 34.9 Å². The summed E-state index contributed by atoms with van der Waals surface area (Å²) in [5, 5.41) is 19.2. The van der Waals surface area contributed by atoms with Gasteiger partial charge in [-0.1, -0.05) is 6.07 Å². The van der Waals surface area contributed by atoms with Gasteiger partial charge in [-0.15, -0.1) is 0 Å². The predicted octanol–water partition coefficient (Wildman–Crippen LogP) is 1.54. The minimum atomic E-state index is -0.827. The van der Waals surface area contributed by atoms with Crippen molar-refractivity contribution in [2.24, 2.45) is 5.73 Å². The molecule has 124 valence electrons. The minimum absolute atomic E-state index is 0.0651. The number of carbonyl (C=O) groups excluding carboxylic acids is 1. The van der Waals surface area contributed by atoms with Gasteiger partial charge < -0.3 is 15.6 Å². The van der Waals surface area contributed by atoms with Crippen molar-refractivity contribution in [3.8, 4) is 6.07 Å². The maximum absolute atomic E-state index is 12.5. The van der Waals surface area contributed by atoms with Gasteiger partial charge in [0.25, 0.3) is 0 Å². The van der Waals surface area contributed by atoms with Crippen LogP contribution in [-0.4, -0.2) is 40.4 Å². The van der Waals surface area contributed by atoms with Crippen LogP contribution in [0.2, 0.25) is 0 Å². The van der Waals surface area contributed by atoms with Gasteiger partial charge in [-0.25, -0.2) is 4.79 Å². The molecule has 1 heterocycles. The van der Waals surface area contributed by atoms with E-state index >= 15 is 0 Å². The van der Waals surface area contributed by atoms with Crippen molar-refractivity contribution >= 4 is 6.09 Å². The molecule has 1 aromatic rings. The van der Waals surface area contributed by atoms with Crippen LogP contribution in [0.5, 0.6) is 0 Å². The van der Waals surface area contributed by atoms with E-state index in [9.17, 15) is 9.90 Å². The van der Waals surface area contributed by atoms with Gasteiger partial charge in [0, 0.05) is 13.1 Å². The van der Waals surface area contributed by atoms with Crippen LogP contribution in [0.3, 0.4) is 0 Å². The summed E-state index contributed by atoms with van der Waals surface area (Å²) in [7, 11) is 0. The van der Waals surface area contributed by atoms with E-state index in [1.54, 1.807) is 32.9 Å². The number of rotatable bonds is 2. The van der Waals surface area contributed by atoms with Crippen LogP contribution >= 0.6 is 0 Å². The fourth-order valence-electron chi connectivity index (χ4n) is 2.70. The van der Waals surface area contributed by atoms with Gasteiger partial charge in [0.2, 0.25) is 0 Å². The molecule has 6 nitrogen and oxygen atoms in total. The molecule has 1 aliphatic heterocycles. The van der Waals surface area contributed by atoms with E-state index in [4.69, 9.17) is 15.7 Å². The number of hydrogen-bond acceptors (Lipinski definition) is 5. The second-order valence-electron chi connectivity index (χ2n) is 6.78. The van der Waals surface area contributed by atoms with Crippen LogP contribution in [0.25, 0.3) is 0 Å². The number of nitriles is 1. The fraction of sp³-hybridized carbons (Fsp3) is 0.529. The summed E-state index contributed by atoms with van der Waals surface area (Å²) in [6.45, 7) is 5.75. The first kappa shape index (κ1) is 17.3. The van der Waals surface area contributed by atoms with Crippen molar-refractivity contribution < 1.29 is 14.6 Å². The summed E-state index contributed by atoms with van der Waals surface area (Å²) in [6, 6.07) is 7.06. The molecule has 0 saturated heterocycles. The number of hydrogen-bond donors (Lipinski definition) is 2. The first-order chi connectivity index (χ1) is 10.7. The Morgan fingerprint density at radius 2 is 2.22 bits per heavy atom. The molecule has 0 unspecified atom stereocenters. The third kappa shape index (κ3) is 4.01. The summed E-state index contributed by atoms with van der Waals surface area (Å²) < 4.78 is 5.44. The summed E-state index contributed by atoms with van der Waals surface area (Å²) in [5.74, 6) is 0. The number of ether oxygens (including phenoxy) is 1. The molecule has 0 fully saturated rings. The summed E-state index contributed by atoms with van der Waals surface area (Å²) >= 11 is 0. The van der Waals surface area contributed by atoms with Crippen LogP contribution in [0, 0.1) is 11.3 Å². The van der Waals surface area contributed by atoms with Gasteiger partial charge >= 0.3 is 6.09 Å². The summed E-state index contributed by atoms with van der Waals surface area (Å²) in [6.07, 6.45) is -0.826. The normalized spacial score (nSPS) is 18.8. The van der Waals surface area contributed by atoms with Crippen LogP contribution in [0.15, 0.2) is 18.2 Å². The second kappa shape index (κ2) is 6.57. The highest BCUT2D eigenvalue weighted by atomic mass is 16.6. The van der Waals surface area contributed by atoms with E-state index in [-0.39, 0.29) is 6.54 Å². The summed E-state index contributed by atoms with van der Waals surface area (Å²) in [4.78, 5) is 14.0. The number of aliphatic hydroxyl groups is 1. The Bertz CT molecular complexity index is 631. The lowest BCUT2D eigenvalue weighted by Gasteiger charge is -2.39. The van der Waals surface area contributed by atoms with Crippen molar-refractivity contribution in [3.63, 3.8) is 0 Å². The average molecular weight is 317 g/mol. The van der Waals surface area contributed by atoms with E-state index in [0.29, 0.717) is 18.5 Å². The zero-order valence-corrected chi connectivity index (χ0v) is 13.7. The molecule has 0 spiro atoms. The van der Waals surface area contributed by atoms with Crippen molar-refractivity contribution in [2.75, 3.05) is 6.54 Å². The van der Waals surface area contributed by atoms with E-state index in [1.807, 2.05) is 6.07 Å². The van der Waals surface area contributed by atoms with E-state index in [0.717, 1.165) is 11.1 Å². The number of carbonyl (C=O) groups is 1. The van der Waals surface area contributed by atoms with E-state index in [2.05, 4.69) is 6.07 Å². The zero-order valence-electron chi connectivity index (χ0n) is 13.7. The molecule has 2 atom stereocenters. The Morgan fingerprint density at radius 1 is 1.52 bits per heavy atom. The SMILES string of the molecule is CC(C)(C)OC(=O)N1Cc2cc(C#N)ccc2C[C@H]1[C@H](O)CN. The number of benzene rings is 1. The molecular weight excluding hydrogens is 294 g/mol. The number of nitrogens with two attached hydrogens (primary N) is 1. The highest BCUT2D eigenvalue weighted by Crippen LogP contribution is 2.27. The number of aliphatic hydroxyl groups excluding tert-OH is 1. The number of fused-ring (bicyclic) bond motifs is 1. The molecule has 23 heavy (non-hydrogen) atoms. The van der Waals surface area contributed by atoms with Crippen LogP contribution in [-0.2, 0) is 17.7 Å². The molecule has 3 N–H and O–H groups in total. The third-order valence-corrected chi connectivity index (χ3v) is 3.82. The quantitative estimate of drug-likeness (QED) is 0.862. The number of nitrogens with zero attached hydrogens (tertiary/aromatic N) is 2. The summed E-state index contributed by atoms with van der Waals surface area (Å²) in [5.41, 5.74) is 7.43. The molecule has 1 aliphatic rings. The molecule has 0 radical (unpaired) electrons. The highest BCUT2D eigenvalue weighted by Gasteiger charge is 2.36. The van der Waals surface area contributed by atoms with Gasteiger partial charge in [0.15, 0.2) is 0 Å². The van der Waals surface area contributed by atoms with Crippen LogP contribution in [0.4, 0.5) is 4.79 Å². The molecule has 1 aromatic carbocycles. The van der Waals surface area contributed by atoms with Crippen molar-refractivity contribution in [1.29, 1.82) is 5.26 Å². The predicted molar refractivity (Wildman–Crippen MR) is 85.5 cm³/mol.